The number of carbonyl (C=O) groups is 1. The lowest BCUT2D eigenvalue weighted by Gasteiger charge is -2.15. The van der Waals surface area contributed by atoms with Gasteiger partial charge in [-0.2, -0.15) is 0 Å². The second kappa shape index (κ2) is 8.59. The van der Waals surface area contributed by atoms with E-state index in [1.165, 1.54) is 31.5 Å². The van der Waals surface area contributed by atoms with E-state index in [-0.39, 0.29) is 5.91 Å². The van der Waals surface area contributed by atoms with Crippen molar-refractivity contribution in [1.29, 1.82) is 0 Å². The van der Waals surface area contributed by atoms with Crippen molar-refractivity contribution >= 4 is 23.2 Å². The topological polar surface area (TPSA) is 32.3 Å². The molecule has 28 heavy (non-hydrogen) atoms. The van der Waals surface area contributed by atoms with Crippen molar-refractivity contribution in [1.82, 2.24) is 4.90 Å². The van der Waals surface area contributed by atoms with E-state index in [1.54, 1.807) is 24.3 Å². The molecule has 3 aromatic carbocycles. The lowest BCUT2D eigenvalue weighted by atomic mass is 10.0. The van der Waals surface area contributed by atoms with Crippen LogP contribution in [0.3, 0.4) is 0 Å². The molecule has 3 aromatic rings. The van der Waals surface area contributed by atoms with Crippen molar-refractivity contribution in [3.8, 4) is 11.1 Å². The average Bonchev–Trinajstić information content (AvgIpc) is 3.22. The number of benzene rings is 3. The zero-order valence-corrected chi connectivity index (χ0v) is 16.5. The van der Waals surface area contributed by atoms with Crippen LogP contribution in [0.15, 0.2) is 72.8 Å². The number of carbonyl (C=O) groups excluding carboxylic acids is 1. The van der Waals surface area contributed by atoms with Crippen molar-refractivity contribution in [3.05, 3.63) is 88.9 Å². The number of amides is 1. The predicted molar refractivity (Wildman–Crippen MR) is 116 cm³/mol. The van der Waals surface area contributed by atoms with Gasteiger partial charge in [-0.15, -0.1) is 0 Å². The molecule has 1 fully saturated rings. The van der Waals surface area contributed by atoms with Gasteiger partial charge in [0.2, 0.25) is 0 Å². The summed E-state index contributed by atoms with van der Waals surface area (Å²) >= 11 is 5.98. The Bertz CT molecular complexity index is 962. The Labute approximate surface area is 171 Å². The van der Waals surface area contributed by atoms with Crippen molar-refractivity contribution in [2.45, 2.75) is 19.4 Å². The summed E-state index contributed by atoms with van der Waals surface area (Å²) in [5, 5.41) is 3.50. The standard InChI is InChI=1S/C24H23ClN2O/c25-22-7-3-6-21(15-22)24(28)26-23-8-4-5-20(16-23)19-11-9-18(10-12-19)17-27-13-1-2-14-27/h3-12,15-16H,1-2,13-14,17H2,(H,26,28). The highest BCUT2D eigenvalue weighted by atomic mass is 35.5. The maximum Gasteiger partial charge on any atom is 0.255 e. The van der Waals surface area contributed by atoms with Crippen molar-refractivity contribution in [2.24, 2.45) is 0 Å². The van der Waals surface area contributed by atoms with Gasteiger partial charge in [0.1, 0.15) is 0 Å². The number of halogens is 1. The van der Waals surface area contributed by atoms with Crippen LogP contribution >= 0.6 is 11.6 Å². The molecule has 1 aliphatic rings. The smallest absolute Gasteiger partial charge is 0.255 e. The van der Waals surface area contributed by atoms with E-state index >= 15 is 0 Å². The van der Waals surface area contributed by atoms with Crippen LogP contribution in [0.25, 0.3) is 11.1 Å². The zero-order valence-electron chi connectivity index (χ0n) is 15.7. The van der Waals surface area contributed by atoms with Crippen LogP contribution in [0.1, 0.15) is 28.8 Å². The molecule has 1 aliphatic heterocycles. The molecule has 0 aromatic heterocycles. The van der Waals surface area contributed by atoms with E-state index in [9.17, 15) is 4.79 Å². The Morgan fingerprint density at radius 2 is 1.64 bits per heavy atom. The molecule has 0 aliphatic carbocycles. The van der Waals surface area contributed by atoms with Crippen molar-refractivity contribution in [2.75, 3.05) is 18.4 Å². The molecule has 0 radical (unpaired) electrons. The molecule has 0 atom stereocenters. The Morgan fingerprint density at radius 1 is 0.893 bits per heavy atom. The number of likely N-dealkylation sites (tertiary alicyclic amines) is 1. The van der Waals surface area contributed by atoms with Crippen LogP contribution in [0.4, 0.5) is 5.69 Å². The Kier molecular flexibility index (Phi) is 5.75. The van der Waals surface area contributed by atoms with Crippen molar-refractivity contribution in [3.63, 3.8) is 0 Å². The van der Waals surface area contributed by atoms with Gasteiger partial charge in [-0.1, -0.05) is 54.1 Å². The molecule has 142 valence electrons. The third-order valence-corrected chi connectivity index (χ3v) is 5.33. The molecule has 3 nitrogen and oxygen atoms in total. The van der Waals surface area contributed by atoms with Crippen LogP contribution in [0.5, 0.6) is 0 Å². The summed E-state index contributed by atoms with van der Waals surface area (Å²) in [6.45, 7) is 3.43. The van der Waals surface area contributed by atoms with Gasteiger partial charge in [-0.25, -0.2) is 0 Å². The lowest BCUT2D eigenvalue weighted by molar-refractivity contribution is 0.102. The largest absolute Gasteiger partial charge is 0.322 e. The monoisotopic (exact) mass is 390 g/mol. The number of rotatable bonds is 5. The molecule has 0 spiro atoms. The molecular weight excluding hydrogens is 368 g/mol. The summed E-state index contributed by atoms with van der Waals surface area (Å²) < 4.78 is 0. The van der Waals surface area contributed by atoms with Crippen LogP contribution in [0, 0.1) is 0 Å². The first kappa shape index (κ1) is 18.7. The van der Waals surface area contributed by atoms with E-state index in [1.807, 2.05) is 18.2 Å². The summed E-state index contributed by atoms with van der Waals surface area (Å²) in [6.07, 6.45) is 2.62. The van der Waals surface area contributed by atoms with Gasteiger partial charge < -0.3 is 5.32 Å². The fourth-order valence-corrected chi connectivity index (χ4v) is 3.80. The van der Waals surface area contributed by atoms with Gasteiger partial charge in [0.15, 0.2) is 0 Å². The molecule has 0 bridgehead atoms. The van der Waals surface area contributed by atoms with E-state index < -0.39 is 0 Å². The van der Waals surface area contributed by atoms with E-state index in [2.05, 4.69) is 40.5 Å². The number of nitrogens with one attached hydrogen (secondary N) is 1. The number of hydrogen-bond acceptors (Lipinski definition) is 2. The zero-order chi connectivity index (χ0) is 19.3. The number of anilines is 1. The third kappa shape index (κ3) is 4.61. The maximum absolute atomic E-state index is 12.4. The maximum atomic E-state index is 12.4. The molecule has 1 N–H and O–H groups in total. The van der Waals surface area contributed by atoms with Crippen LogP contribution in [-0.2, 0) is 6.54 Å². The van der Waals surface area contributed by atoms with Gasteiger partial charge in [0, 0.05) is 22.8 Å². The minimum atomic E-state index is -0.166. The SMILES string of the molecule is O=C(Nc1cccc(-c2ccc(CN3CCCC3)cc2)c1)c1cccc(Cl)c1. The molecule has 0 unspecified atom stereocenters. The minimum absolute atomic E-state index is 0.166. The van der Waals surface area contributed by atoms with Crippen LogP contribution < -0.4 is 5.32 Å². The van der Waals surface area contributed by atoms with Gasteiger partial charge >= 0.3 is 0 Å². The van der Waals surface area contributed by atoms with Gasteiger partial charge in [-0.05, 0) is 73.0 Å². The molecule has 1 amide bonds. The molecule has 4 heteroatoms. The Morgan fingerprint density at radius 3 is 2.39 bits per heavy atom. The normalized spacial score (nSPS) is 14.2. The Balaban J connectivity index is 1.46. The fourth-order valence-electron chi connectivity index (χ4n) is 3.61. The quantitative estimate of drug-likeness (QED) is 0.592. The average molecular weight is 391 g/mol. The fraction of sp³-hybridized carbons (Fsp3) is 0.208. The molecule has 1 heterocycles. The molecular formula is C24H23ClN2O. The first-order valence-corrected chi connectivity index (χ1v) is 10.0. The van der Waals surface area contributed by atoms with Gasteiger partial charge in [-0.3, -0.25) is 9.69 Å². The predicted octanol–water partition coefficient (Wildman–Crippen LogP) is 5.86. The van der Waals surface area contributed by atoms with Crippen LogP contribution in [-0.4, -0.2) is 23.9 Å². The highest BCUT2D eigenvalue weighted by molar-refractivity contribution is 6.31. The van der Waals surface area contributed by atoms with Crippen LogP contribution in [0.2, 0.25) is 5.02 Å². The molecule has 1 saturated heterocycles. The summed E-state index contributed by atoms with van der Waals surface area (Å²) in [4.78, 5) is 15.0. The summed E-state index contributed by atoms with van der Waals surface area (Å²) in [5.74, 6) is -0.166. The summed E-state index contributed by atoms with van der Waals surface area (Å²) in [6, 6.07) is 23.6. The first-order chi connectivity index (χ1) is 13.7. The third-order valence-electron chi connectivity index (χ3n) is 5.10. The van der Waals surface area contributed by atoms with E-state index in [0.717, 1.165) is 23.4 Å². The second-order valence-electron chi connectivity index (χ2n) is 7.23. The number of nitrogens with zero attached hydrogens (tertiary/aromatic N) is 1. The molecule has 0 saturated carbocycles. The highest BCUT2D eigenvalue weighted by Crippen LogP contribution is 2.24. The Hall–Kier alpha value is -2.62. The number of hydrogen-bond donors (Lipinski definition) is 1. The molecule has 4 rings (SSSR count). The lowest BCUT2D eigenvalue weighted by Crippen LogP contribution is -2.18. The first-order valence-electron chi connectivity index (χ1n) is 9.66. The van der Waals surface area contributed by atoms with Gasteiger partial charge in [0.25, 0.3) is 5.91 Å². The second-order valence-corrected chi connectivity index (χ2v) is 7.66. The minimum Gasteiger partial charge on any atom is -0.322 e. The van der Waals surface area contributed by atoms with Crippen molar-refractivity contribution < 1.29 is 4.79 Å². The summed E-state index contributed by atoms with van der Waals surface area (Å²) in [7, 11) is 0. The summed E-state index contributed by atoms with van der Waals surface area (Å²) in [5.41, 5.74) is 4.88. The van der Waals surface area contributed by atoms with Gasteiger partial charge in [0.05, 0.1) is 0 Å². The highest BCUT2D eigenvalue weighted by Gasteiger charge is 2.12. The van der Waals surface area contributed by atoms with E-state index in [4.69, 9.17) is 11.6 Å². The van der Waals surface area contributed by atoms with E-state index in [0.29, 0.717) is 10.6 Å².